The van der Waals surface area contributed by atoms with E-state index in [9.17, 15) is 0 Å². The molecule has 9 aromatic carbocycles. The molecular formula is C64H45N3. The second-order valence-electron chi connectivity index (χ2n) is 16.5. The molecule has 2 heterocycles. The highest BCUT2D eigenvalue weighted by molar-refractivity contribution is 6.06. The van der Waals surface area contributed by atoms with Crippen LogP contribution in [0.2, 0.25) is 0 Å². The molecule has 2 aromatic heterocycles. The molecule has 0 atom stereocenters. The Balaban J connectivity index is 1.07. The molecule has 0 saturated heterocycles. The molecule has 0 fully saturated rings. The van der Waals surface area contributed by atoms with Crippen molar-refractivity contribution in [1.82, 2.24) is 15.0 Å². The highest BCUT2D eigenvalue weighted by Gasteiger charge is 2.21. The van der Waals surface area contributed by atoms with Gasteiger partial charge in [-0.3, -0.25) is 0 Å². The van der Waals surface area contributed by atoms with E-state index < -0.39 is 0 Å². The van der Waals surface area contributed by atoms with Gasteiger partial charge >= 0.3 is 0 Å². The van der Waals surface area contributed by atoms with E-state index in [1.807, 2.05) is 12.1 Å². The van der Waals surface area contributed by atoms with Crippen LogP contribution in [-0.2, 0) is 0 Å². The molecule has 0 aliphatic carbocycles. The lowest BCUT2D eigenvalue weighted by atomic mass is 9.85. The van der Waals surface area contributed by atoms with Gasteiger partial charge in [0.1, 0.15) is 5.69 Å². The first-order valence-electron chi connectivity index (χ1n) is 22.7. The molecular weight excluding hydrogens is 811 g/mol. The fourth-order valence-electron chi connectivity index (χ4n) is 9.16. The summed E-state index contributed by atoms with van der Waals surface area (Å²) in [4.78, 5) is 14.2. The predicted octanol–water partition coefficient (Wildman–Crippen LogP) is 16.0. The van der Waals surface area contributed by atoms with E-state index in [0.29, 0.717) is 5.82 Å². The quantitative estimate of drug-likeness (QED) is 0.132. The Bertz CT molecular complexity index is 3210. The van der Waals surface area contributed by atoms with Crippen molar-refractivity contribution >= 4 is 33.2 Å². The second-order valence-corrected chi connectivity index (χ2v) is 16.5. The van der Waals surface area contributed by atoms with E-state index in [-0.39, 0.29) is 0 Å². The van der Waals surface area contributed by atoms with E-state index in [1.165, 1.54) is 16.7 Å². The van der Waals surface area contributed by atoms with Crippen molar-refractivity contribution in [2.75, 3.05) is 0 Å². The van der Waals surface area contributed by atoms with Gasteiger partial charge in [0.15, 0.2) is 5.82 Å². The Hall–Kier alpha value is -8.92. The molecule has 0 spiro atoms. The molecule has 0 aliphatic heterocycles. The van der Waals surface area contributed by atoms with Crippen LogP contribution in [0.1, 0.15) is 44.5 Å². The van der Waals surface area contributed by atoms with Gasteiger partial charge in [0, 0.05) is 16.5 Å². The van der Waals surface area contributed by atoms with Gasteiger partial charge < -0.3 is 4.98 Å². The summed E-state index contributed by atoms with van der Waals surface area (Å²) in [5, 5.41) is 1.09. The maximum Gasteiger partial charge on any atom is 0.157 e. The van der Waals surface area contributed by atoms with Crippen LogP contribution < -0.4 is 0 Å². The summed E-state index contributed by atoms with van der Waals surface area (Å²) in [6, 6.07) is 94.5. The van der Waals surface area contributed by atoms with Gasteiger partial charge in [-0.25, -0.2) is 9.97 Å². The highest BCUT2D eigenvalue weighted by Crippen LogP contribution is 2.41. The normalized spacial score (nSPS) is 11.0. The number of nitrogens with zero attached hydrogens (tertiary/aromatic N) is 2. The van der Waals surface area contributed by atoms with Crippen LogP contribution in [-0.4, -0.2) is 15.0 Å². The standard InChI is InChI=1S/C64H45N3/c1-7-22-46(23-8-1)58(47-24-9-2-10-25-47)60(50-30-15-5-16-31-50)52-35-39-54(40-36-52)62-63(67-64(66-62)57-44-43-45-21-19-20-34-56(45)65-57)55-41-37-53(38-42-55)61(51-32-17-6-18-33-51)59(48-26-11-3-12-27-48)49-28-13-4-14-29-49/h1-44H,(H,66,67). The number of pyridine rings is 1. The summed E-state index contributed by atoms with van der Waals surface area (Å²) in [7, 11) is 0. The van der Waals surface area contributed by atoms with Gasteiger partial charge in [0.25, 0.3) is 0 Å². The van der Waals surface area contributed by atoms with Crippen molar-refractivity contribution in [1.29, 1.82) is 0 Å². The zero-order chi connectivity index (χ0) is 44.8. The van der Waals surface area contributed by atoms with Crippen LogP contribution in [0.15, 0.2) is 267 Å². The van der Waals surface area contributed by atoms with Gasteiger partial charge in [-0.2, -0.15) is 0 Å². The van der Waals surface area contributed by atoms with Gasteiger partial charge in [-0.15, -0.1) is 0 Å². The third-order valence-corrected chi connectivity index (χ3v) is 12.3. The predicted molar refractivity (Wildman–Crippen MR) is 279 cm³/mol. The summed E-state index contributed by atoms with van der Waals surface area (Å²) < 4.78 is 0. The van der Waals surface area contributed by atoms with Crippen LogP contribution in [0.4, 0.5) is 0 Å². The number of imidazole rings is 1. The molecule has 3 nitrogen and oxygen atoms in total. The first-order valence-corrected chi connectivity index (χ1v) is 22.7. The van der Waals surface area contributed by atoms with Gasteiger partial charge in [0.2, 0.25) is 0 Å². The lowest BCUT2D eigenvalue weighted by Gasteiger charge is -2.18. The number of fused-ring (bicyclic) bond motifs is 1. The fourth-order valence-corrected chi connectivity index (χ4v) is 9.16. The number of nitrogens with one attached hydrogen (secondary N) is 1. The molecule has 316 valence electrons. The molecule has 67 heavy (non-hydrogen) atoms. The van der Waals surface area contributed by atoms with Crippen molar-refractivity contribution in [3.8, 4) is 34.0 Å². The SMILES string of the molecule is c1ccc(C(=C(c2ccccc2)c2ccc(-c3nc(-c4ccc5ccccc5n4)[nH]c3-c3ccc(C(=C(c4ccccc4)c4ccccc4)c4ccccc4)cc3)cc2)c2ccccc2)cc1. The minimum absolute atomic E-state index is 0.713. The summed E-state index contributed by atoms with van der Waals surface area (Å²) in [5.41, 5.74) is 19.4. The summed E-state index contributed by atoms with van der Waals surface area (Å²) in [6.45, 7) is 0. The number of rotatable bonds is 11. The van der Waals surface area contributed by atoms with Crippen molar-refractivity contribution in [3.63, 3.8) is 0 Å². The number of aromatic amines is 1. The fraction of sp³-hybridized carbons (Fsp3) is 0. The first kappa shape index (κ1) is 40.8. The number of aromatic nitrogens is 3. The molecule has 11 aromatic rings. The van der Waals surface area contributed by atoms with E-state index in [4.69, 9.17) is 9.97 Å². The van der Waals surface area contributed by atoms with Crippen LogP contribution in [0.25, 0.3) is 67.2 Å². The Labute approximate surface area is 391 Å². The largest absolute Gasteiger partial charge is 0.336 e. The molecule has 11 rings (SSSR count). The lowest BCUT2D eigenvalue weighted by Crippen LogP contribution is -1.98. The van der Waals surface area contributed by atoms with E-state index in [2.05, 4.69) is 260 Å². The van der Waals surface area contributed by atoms with Gasteiger partial charge in [0.05, 0.1) is 16.9 Å². The van der Waals surface area contributed by atoms with Crippen LogP contribution in [0.3, 0.4) is 0 Å². The van der Waals surface area contributed by atoms with Crippen molar-refractivity contribution < 1.29 is 0 Å². The van der Waals surface area contributed by atoms with Gasteiger partial charge in [-0.1, -0.05) is 255 Å². The summed E-state index contributed by atoms with van der Waals surface area (Å²) >= 11 is 0. The molecule has 3 heteroatoms. The first-order chi connectivity index (χ1) is 33.2. The van der Waals surface area contributed by atoms with Crippen LogP contribution >= 0.6 is 0 Å². The maximum absolute atomic E-state index is 5.37. The van der Waals surface area contributed by atoms with E-state index in [0.717, 1.165) is 89.2 Å². The second kappa shape index (κ2) is 18.7. The Morgan fingerprint density at radius 2 is 0.597 bits per heavy atom. The Kier molecular flexibility index (Phi) is 11.4. The molecule has 0 unspecified atom stereocenters. The minimum Gasteiger partial charge on any atom is -0.336 e. The monoisotopic (exact) mass is 855 g/mol. The molecule has 1 N–H and O–H groups in total. The van der Waals surface area contributed by atoms with Crippen molar-refractivity contribution in [2.45, 2.75) is 0 Å². The number of para-hydroxylation sites is 1. The summed E-state index contributed by atoms with van der Waals surface area (Å²) in [6.07, 6.45) is 0. The number of benzene rings is 9. The highest BCUT2D eigenvalue weighted by atomic mass is 15.0. The van der Waals surface area contributed by atoms with Crippen LogP contribution in [0, 0.1) is 0 Å². The Morgan fingerprint density at radius 1 is 0.269 bits per heavy atom. The smallest absolute Gasteiger partial charge is 0.157 e. The molecule has 0 amide bonds. The van der Waals surface area contributed by atoms with E-state index >= 15 is 0 Å². The van der Waals surface area contributed by atoms with E-state index in [1.54, 1.807) is 0 Å². The molecule has 0 saturated carbocycles. The van der Waals surface area contributed by atoms with Gasteiger partial charge in [-0.05, 0) is 78.9 Å². The topological polar surface area (TPSA) is 41.6 Å². The summed E-state index contributed by atoms with van der Waals surface area (Å²) in [5.74, 6) is 0.713. The zero-order valence-electron chi connectivity index (χ0n) is 36.8. The van der Waals surface area contributed by atoms with Crippen LogP contribution in [0.5, 0.6) is 0 Å². The third-order valence-electron chi connectivity index (χ3n) is 12.3. The van der Waals surface area contributed by atoms with Crippen molar-refractivity contribution in [3.05, 3.63) is 311 Å². The minimum atomic E-state index is 0.713. The zero-order valence-corrected chi connectivity index (χ0v) is 36.8. The average molecular weight is 856 g/mol. The Morgan fingerprint density at radius 3 is 0.985 bits per heavy atom. The van der Waals surface area contributed by atoms with Crippen molar-refractivity contribution in [2.24, 2.45) is 0 Å². The number of hydrogen-bond donors (Lipinski definition) is 1. The average Bonchev–Trinajstić information content (AvgIpc) is 3.87. The molecule has 0 bridgehead atoms. The third kappa shape index (κ3) is 8.46. The molecule has 0 radical (unpaired) electrons. The molecule has 0 aliphatic rings. The lowest BCUT2D eigenvalue weighted by molar-refractivity contribution is 1.25. The number of H-pyrrole nitrogens is 1. The maximum atomic E-state index is 5.37. The number of hydrogen-bond acceptors (Lipinski definition) is 2.